The van der Waals surface area contributed by atoms with Gasteiger partial charge >= 0.3 is 5.97 Å². The number of nitrogens with zero attached hydrogens (tertiary/aromatic N) is 3. The van der Waals surface area contributed by atoms with Gasteiger partial charge in [0.2, 0.25) is 0 Å². The molecule has 5 heteroatoms. The van der Waals surface area contributed by atoms with Crippen LogP contribution in [0.1, 0.15) is 16.2 Å². The molecule has 5 nitrogen and oxygen atoms in total. The van der Waals surface area contributed by atoms with E-state index in [9.17, 15) is 4.79 Å². The van der Waals surface area contributed by atoms with Gasteiger partial charge < -0.3 is 9.67 Å². The Morgan fingerprint density at radius 3 is 2.31 bits per heavy atom. The highest BCUT2D eigenvalue weighted by atomic mass is 16.4. The van der Waals surface area contributed by atoms with E-state index in [2.05, 4.69) is 10.2 Å². The van der Waals surface area contributed by atoms with Crippen molar-refractivity contribution in [2.45, 2.75) is 6.92 Å². The maximum atomic E-state index is 10.7. The maximum Gasteiger partial charge on any atom is 0.335 e. The minimum absolute atomic E-state index is 0.266. The molecule has 0 amide bonds. The molecule has 1 aromatic heterocycles. The number of carboxylic acid groups (broad SMARTS) is 1. The Kier molecular flexibility index (Phi) is 2.44. The smallest absolute Gasteiger partial charge is 0.335 e. The van der Waals surface area contributed by atoms with Crippen LogP contribution in [0.15, 0.2) is 24.3 Å². The van der Waals surface area contributed by atoms with Crippen LogP contribution in [-0.4, -0.2) is 25.8 Å². The topological polar surface area (TPSA) is 68.0 Å². The van der Waals surface area contributed by atoms with Gasteiger partial charge in [0.05, 0.1) is 5.56 Å². The van der Waals surface area contributed by atoms with Crippen LogP contribution in [0.5, 0.6) is 0 Å². The van der Waals surface area contributed by atoms with Gasteiger partial charge in [-0.1, -0.05) is 12.1 Å². The number of benzene rings is 1. The summed E-state index contributed by atoms with van der Waals surface area (Å²) in [6, 6.07) is 6.57. The first-order valence-electron chi connectivity index (χ1n) is 4.79. The summed E-state index contributed by atoms with van der Waals surface area (Å²) >= 11 is 0. The first-order valence-corrected chi connectivity index (χ1v) is 4.79. The fourth-order valence-corrected chi connectivity index (χ4v) is 1.42. The third-order valence-corrected chi connectivity index (χ3v) is 2.48. The van der Waals surface area contributed by atoms with Gasteiger partial charge in [-0.05, 0) is 19.1 Å². The number of rotatable bonds is 2. The van der Waals surface area contributed by atoms with Crippen molar-refractivity contribution in [3.05, 3.63) is 35.7 Å². The zero-order valence-corrected chi connectivity index (χ0v) is 9.01. The van der Waals surface area contributed by atoms with Crippen LogP contribution in [0.3, 0.4) is 0 Å². The average Bonchev–Trinajstić information content (AvgIpc) is 2.60. The fourth-order valence-electron chi connectivity index (χ4n) is 1.42. The molecule has 0 fully saturated rings. The number of aromatic nitrogens is 3. The summed E-state index contributed by atoms with van der Waals surface area (Å²) in [5, 5.41) is 16.7. The molecule has 0 radical (unpaired) electrons. The van der Waals surface area contributed by atoms with E-state index in [-0.39, 0.29) is 5.56 Å². The minimum Gasteiger partial charge on any atom is -0.478 e. The summed E-state index contributed by atoms with van der Waals surface area (Å²) in [4.78, 5) is 10.7. The second-order valence-corrected chi connectivity index (χ2v) is 3.51. The molecule has 0 aliphatic rings. The van der Waals surface area contributed by atoms with E-state index in [0.29, 0.717) is 0 Å². The van der Waals surface area contributed by atoms with Gasteiger partial charge in [-0.15, -0.1) is 10.2 Å². The van der Waals surface area contributed by atoms with Crippen LogP contribution in [0, 0.1) is 6.92 Å². The van der Waals surface area contributed by atoms with Crippen molar-refractivity contribution in [2.75, 3.05) is 0 Å². The summed E-state index contributed by atoms with van der Waals surface area (Å²) in [5.41, 5.74) is 1.12. The molecule has 0 spiro atoms. The molecular formula is C11H11N3O2. The molecule has 0 aliphatic carbocycles. The van der Waals surface area contributed by atoms with E-state index in [0.717, 1.165) is 17.2 Å². The number of hydrogen-bond acceptors (Lipinski definition) is 3. The lowest BCUT2D eigenvalue weighted by atomic mass is 10.1. The molecule has 2 rings (SSSR count). The average molecular weight is 217 g/mol. The SMILES string of the molecule is Cc1nnc(-c2ccc(C(=O)O)cc2)n1C. The number of aromatic carboxylic acids is 1. The molecule has 0 aliphatic heterocycles. The molecule has 1 N–H and O–H groups in total. The van der Waals surface area contributed by atoms with Crippen LogP contribution < -0.4 is 0 Å². The summed E-state index contributed by atoms with van der Waals surface area (Å²) in [7, 11) is 1.87. The van der Waals surface area contributed by atoms with Gasteiger partial charge in [0.1, 0.15) is 5.82 Å². The molecule has 16 heavy (non-hydrogen) atoms. The quantitative estimate of drug-likeness (QED) is 0.827. The van der Waals surface area contributed by atoms with Crippen molar-refractivity contribution in [3.8, 4) is 11.4 Å². The van der Waals surface area contributed by atoms with Crippen molar-refractivity contribution < 1.29 is 9.90 Å². The molecule has 0 atom stereocenters. The maximum absolute atomic E-state index is 10.7. The van der Waals surface area contributed by atoms with Gasteiger partial charge in [0, 0.05) is 12.6 Å². The Labute approximate surface area is 92.4 Å². The summed E-state index contributed by atoms with van der Waals surface area (Å²) < 4.78 is 1.86. The van der Waals surface area contributed by atoms with Gasteiger partial charge in [-0.25, -0.2) is 4.79 Å². The first-order chi connectivity index (χ1) is 7.59. The lowest BCUT2D eigenvalue weighted by Crippen LogP contribution is -1.97. The third-order valence-electron chi connectivity index (χ3n) is 2.48. The van der Waals surface area contributed by atoms with Crippen LogP contribution in [0.25, 0.3) is 11.4 Å². The molecule has 1 aromatic carbocycles. The number of carboxylic acids is 1. The molecule has 0 saturated heterocycles. The highest BCUT2D eigenvalue weighted by Crippen LogP contribution is 2.17. The lowest BCUT2D eigenvalue weighted by molar-refractivity contribution is 0.0697. The van der Waals surface area contributed by atoms with Gasteiger partial charge in [0.15, 0.2) is 5.82 Å². The van der Waals surface area contributed by atoms with Gasteiger partial charge in [0.25, 0.3) is 0 Å². The molecule has 0 bridgehead atoms. The van der Waals surface area contributed by atoms with Crippen molar-refractivity contribution in [1.82, 2.24) is 14.8 Å². The summed E-state index contributed by atoms with van der Waals surface area (Å²) in [6.45, 7) is 1.86. The van der Waals surface area contributed by atoms with E-state index in [4.69, 9.17) is 5.11 Å². The number of aryl methyl sites for hydroxylation is 1. The minimum atomic E-state index is -0.930. The normalized spacial score (nSPS) is 10.4. The van der Waals surface area contributed by atoms with Gasteiger partial charge in [-0.2, -0.15) is 0 Å². The number of carbonyl (C=O) groups is 1. The Bertz CT molecular complexity index is 529. The molecule has 0 saturated carbocycles. The van der Waals surface area contributed by atoms with Crippen LogP contribution in [-0.2, 0) is 7.05 Å². The zero-order valence-electron chi connectivity index (χ0n) is 9.01. The van der Waals surface area contributed by atoms with Crippen LogP contribution in [0.2, 0.25) is 0 Å². The molecule has 82 valence electrons. The zero-order chi connectivity index (χ0) is 11.7. The Balaban J connectivity index is 2.42. The van der Waals surface area contributed by atoms with Crippen molar-refractivity contribution in [3.63, 3.8) is 0 Å². The second-order valence-electron chi connectivity index (χ2n) is 3.51. The monoisotopic (exact) mass is 217 g/mol. The third kappa shape index (κ3) is 1.67. The predicted octanol–water partition coefficient (Wildman–Crippen LogP) is 1.49. The first kappa shape index (κ1) is 10.4. The molecule has 2 aromatic rings. The Hall–Kier alpha value is -2.17. The summed E-state index contributed by atoms with van der Waals surface area (Å²) in [5.74, 6) is 0.618. The molecular weight excluding hydrogens is 206 g/mol. The van der Waals surface area contributed by atoms with E-state index < -0.39 is 5.97 Å². The second kappa shape index (κ2) is 3.77. The summed E-state index contributed by atoms with van der Waals surface area (Å²) in [6.07, 6.45) is 0. The molecule has 1 heterocycles. The van der Waals surface area contributed by atoms with Crippen molar-refractivity contribution in [1.29, 1.82) is 0 Å². The standard InChI is InChI=1S/C11H11N3O2/c1-7-12-13-10(14(7)2)8-3-5-9(6-4-8)11(15)16/h3-6H,1-2H3,(H,15,16). The Morgan fingerprint density at radius 2 is 1.88 bits per heavy atom. The van der Waals surface area contributed by atoms with E-state index >= 15 is 0 Å². The highest BCUT2D eigenvalue weighted by molar-refractivity contribution is 5.88. The van der Waals surface area contributed by atoms with Crippen molar-refractivity contribution in [2.24, 2.45) is 7.05 Å². The Morgan fingerprint density at radius 1 is 1.25 bits per heavy atom. The largest absolute Gasteiger partial charge is 0.478 e. The van der Waals surface area contributed by atoms with Crippen LogP contribution >= 0.6 is 0 Å². The van der Waals surface area contributed by atoms with Gasteiger partial charge in [-0.3, -0.25) is 0 Å². The van der Waals surface area contributed by atoms with E-state index in [1.54, 1.807) is 24.3 Å². The highest BCUT2D eigenvalue weighted by Gasteiger charge is 2.08. The lowest BCUT2D eigenvalue weighted by Gasteiger charge is -2.01. The molecule has 0 unspecified atom stereocenters. The van der Waals surface area contributed by atoms with E-state index in [1.807, 2.05) is 18.5 Å². The van der Waals surface area contributed by atoms with Crippen LogP contribution in [0.4, 0.5) is 0 Å². The number of hydrogen-bond donors (Lipinski definition) is 1. The van der Waals surface area contributed by atoms with Crippen molar-refractivity contribution >= 4 is 5.97 Å². The predicted molar refractivity (Wildman–Crippen MR) is 58.1 cm³/mol. The fraction of sp³-hybridized carbons (Fsp3) is 0.182. The van der Waals surface area contributed by atoms with E-state index in [1.165, 1.54) is 0 Å².